The number of benzene rings is 1. The summed E-state index contributed by atoms with van der Waals surface area (Å²) in [5, 5.41) is 8.48. The molecule has 1 heterocycles. The summed E-state index contributed by atoms with van der Waals surface area (Å²) in [6, 6.07) is 8.10. The lowest BCUT2D eigenvalue weighted by atomic mass is 10.1. The molecular weight excluding hydrogens is 306 g/mol. The van der Waals surface area contributed by atoms with Crippen LogP contribution < -0.4 is 10.6 Å². The number of nitrogens with zero attached hydrogens (tertiary/aromatic N) is 1. The number of nitrogens with one attached hydrogen (secondary N) is 2. The monoisotopic (exact) mass is 325 g/mol. The van der Waals surface area contributed by atoms with Gasteiger partial charge in [-0.25, -0.2) is 4.98 Å². The Morgan fingerprint density at radius 1 is 1.38 bits per heavy atom. The lowest BCUT2D eigenvalue weighted by molar-refractivity contribution is -0.119. The first-order valence-electron chi connectivity index (χ1n) is 6.59. The van der Waals surface area contributed by atoms with E-state index >= 15 is 0 Å². The summed E-state index contributed by atoms with van der Waals surface area (Å²) in [6.07, 6.45) is 0. The molecular formula is C15H20ClN3OS. The maximum Gasteiger partial charge on any atom is 0.230 e. The average molecular weight is 326 g/mol. The molecule has 1 aromatic carbocycles. The molecule has 21 heavy (non-hydrogen) atoms. The predicted octanol–water partition coefficient (Wildman–Crippen LogP) is 3.33. The van der Waals surface area contributed by atoms with Crippen LogP contribution in [-0.4, -0.2) is 24.5 Å². The second-order valence-electron chi connectivity index (χ2n) is 4.80. The molecule has 1 aromatic heterocycles. The number of rotatable bonds is 5. The number of amides is 1. The number of anilines is 1. The summed E-state index contributed by atoms with van der Waals surface area (Å²) in [6.45, 7) is 4.60. The quantitative estimate of drug-likeness (QED) is 0.886. The molecule has 1 amide bonds. The minimum absolute atomic E-state index is 0. The fourth-order valence-corrected chi connectivity index (χ4v) is 2.66. The molecule has 0 aliphatic carbocycles. The highest BCUT2D eigenvalue weighted by atomic mass is 35.5. The van der Waals surface area contributed by atoms with Gasteiger partial charge in [-0.05, 0) is 19.5 Å². The van der Waals surface area contributed by atoms with Crippen LogP contribution in [0.5, 0.6) is 0 Å². The molecule has 1 atom stereocenters. The van der Waals surface area contributed by atoms with E-state index in [1.54, 1.807) is 0 Å². The molecule has 0 fully saturated rings. The van der Waals surface area contributed by atoms with Gasteiger partial charge in [0.2, 0.25) is 5.91 Å². The molecule has 0 spiro atoms. The average Bonchev–Trinajstić information content (AvgIpc) is 2.87. The van der Waals surface area contributed by atoms with Crippen molar-refractivity contribution in [2.75, 3.05) is 18.9 Å². The third-order valence-corrected chi connectivity index (χ3v) is 3.87. The third kappa shape index (κ3) is 4.52. The lowest BCUT2D eigenvalue weighted by Gasteiger charge is -2.09. The first kappa shape index (κ1) is 17.6. The van der Waals surface area contributed by atoms with E-state index < -0.39 is 0 Å². The Balaban J connectivity index is 0.00000220. The van der Waals surface area contributed by atoms with Gasteiger partial charge in [0.25, 0.3) is 0 Å². The summed E-state index contributed by atoms with van der Waals surface area (Å²) in [7, 11) is 1.84. The van der Waals surface area contributed by atoms with Gasteiger partial charge in [-0.2, -0.15) is 0 Å². The van der Waals surface area contributed by atoms with Gasteiger partial charge in [-0.3, -0.25) is 4.79 Å². The van der Waals surface area contributed by atoms with E-state index in [0.29, 0.717) is 11.7 Å². The first-order valence-corrected chi connectivity index (χ1v) is 7.46. The van der Waals surface area contributed by atoms with Crippen molar-refractivity contribution < 1.29 is 4.79 Å². The van der Waals surface area contributed by atoms with Crippen LogP contribution in [0, 0.1) is 12.8 Å². The molecule has 2 rings (SSSR count). The molecule has 0 aliphatic rings. The van der Waals surface area contributed by atoms with E-state index in [-0.39, 0.29) is 24.2 Å². The summed E-state index contributed by atoms with van der Waals surface area (Å²) in [5.41, 5.74) is 3.19. The number of carbonyl (C=O) groups is 1. The fourth-order valence-electron chi connectivity index (χ4n) is 1.94. The first-order chi connectivity index (χ1) is 9.61. The summed E-state index contributed by atoms with van der Waals surface area (Å²) < 4.78 is 0. The Bertz CT molecular complexity index is 600. The largest absolute Gasteiger partial charge is 0.319 e. The molecule has 2 N–H and O–H groups in total. The van der Waals surface area contributed by atoms with E-state index in [0.717, 1.165) is 11.3 Å². The summed E-state index contributed by atoms with van der Waals surface area (Å²) in [4.78, 5) is 16.4. The van der Waals surface area contributed by atoms with Gasteiger partial charge in [0.05, 0.1) is 5.69 Å². The van der Waals surface area contributed by atoms with Crippen molar-refractivity contribution in [1.29, 1.82) is 0 Å². The van der Waals surface area contributed by atoms with E-state index in [4.69, 9.17) is 0 Å². The lowest BCUT2D eigenvalue weighted by Crippen LogP contribution is -2.28. The third-order valence-electron chi connectivity index (χ3n) is 3.11. The van der Waals surface area contributed by atoms with Crippen molar-refractivity contribution in [2.24, 2.45) is 5.92 Å². The molecule has 0 bridgehead atoms. The second-order valence-corrected chi connectivity index (χ2v) is 5.66. The molecule has 0 radical (unpaired) electrons. The van der Waals surface area contributed by atoms with Crippen molar-refractivity contribution in [1.82, 2.24) is 10.3 Å². The molecule has 0 saturated carbocycles. The van der Waals surface area contributed by atoms with Crippen molar-refractivity contribution in [3.8, 4) is 11.3 Å². The van der Waals surface area contributed by atoms with E-state index in [9.17, 15) is 4.79 Å². The highest BCUT2D eigenvalue weighted by Crippen LogP contribution is 2.27. The van der Waals surface area contributed by atoms with Crippen LogP contribution in [0.2, 0.25) is 0 Å². The number of aryl methyl sites for hydroxylation is 1. The predicted molar refractivity (Wildman–Crippen MR) is 91.3 cm³/mol. The number of thiazole rings is 1. The van der Waals surface area contributed by atoms with Crippen LogP contribution in [-0.2, 0) is 4.79 Å². The number of hydrogen-bond acceptors (Lipinski definition) is 4. The zero-order valence-electron chi connectivity index (χ0n) is 12.3. The van der Waals surface area contributed by atoms with E-state index in [1.807, 2.05) is 37.6 Å². The van der Waals surface area contributed by atoms with Gasteiger partial charge >= 0.3 is 0 Å². The van der Waals surface area contributed by atoms with Crippen molar-refractivity contribution in [3.05, 3.63) is 35.2 Å². The normalized spacial score (nSPS) is 11.6. The Labute approximate surface area is 135 Å². The maximum atomic E-state index is 11.9. The van der Waals surface area contributed by atoms with Gasteiger partial charge in [0, 0.05) is 23.4 Å². The van der Waals surface area contributed by atoms with Gasteiger partial charge in [0.15, 0.2) is 5.13 Å². The molecule has 0 aliphatic heterocycles. The molecule has 4 nitrogen and oxygen atoms in total. The highest BCUT2D eigenvalue weighted by molar-refractivity contribution is 7.14. The van der Waals surface area contributed by atoms with Crippen molar-refractivity contribution in [3.63, 3.8) is 0 Å². The minimum Gasteiger partial charge on any atom is -0.319 e. The molecule has 1 unspecified atom stereocenters. The minimum atomic E-state index is -0.0780. The van der Waals surface area contributed by atoms with Crippen LogP contribution in [0.1, 0.15) is 12.5 Å². The smallest absolute Gasteiger partial charge is 0.230 e. The van der Waals surface area contributed by atoms with Crippen LogP contribution in [0.4, 0.5) is 5.13 Å². The van der Waals surface area contributed by atoms with Crippen LogP contribution in [0.3, 0.4) is 0 Å². The van der Waals surface area contributed by atoms with Crippen LogP contribution >= 0.6 is 23.7 Å². The maximum absolute atomic E-state index is 11.9. The fraction of sp³-hybridized carbons (Fsp3) is 0.333. The highest BCUT2D eigenvalue weighted by Gasteiger charge is 2.14. The number of aromatic nitrogens is 1. The van der Waals surface area contributed by atoms with Crippen molar-refractivity contribution in [2.45, 2.75) is 13.8 Å². The Morgan fingerprint density at radius 2 is 2.10 bits per heavy atom. The van der Waals surface area contributed by atoms with E-state index in [2.05, 4.69) is 28.6 Å². The van der Waals surface area contributed by atoms with Gasteiger partial charge < -0.3 is 10.6 Å². The molecule has 114 valence electrons. The van der Waals surface area contributed by atoms with Gasteiger partial charge in [-0.15, -0.1) is 23.7 Å². The zero-order chi connectivity index (χ0) is 14.5. The summed E-state index contributed by atoms with van der Waals surface area (Å²) in [5.74, 6) is -0.0872. The Kier molecular flexibility index (Phi) is 6.81. The molecule has 2 aromatic rings. The van der Waals surface area contributed by atoms with Crippen LogP contribution in [0.25, 0.3) is 11.3 Å². The Morgan fingerprint density at radius 3 is 2.76 bits per heavy atom. The number of halogens is 1. The SMILES string of the molecule is CNCC(C)C(=O)Nc1nc(-c2ccccc2C)cs1.Cl. The van der Waals surface area contributed by atoms with E-state index in [1.165, 1.54) is 16.9 Å². The Hall–Kier alpha value is -1.43. The molecule has 0 saturated heterocycles. The second kappa shape index (κ2) is 8.12. The van der Waals surface area contributed by atoms with Crippen molar-refractivity contribution >= 4 is 34.8 Å². The topological polar surface area (TPSA) is 54.0 Å². The van der Waals surface area contributed by atoms with Crippen LogP contribution in [0.15, 0.2) is 29.6 Å². The standard InChI is InChI=1S/C15H19N3OS.ClH/c1-10-6-4-5-7-12(10)13-9-20-15(17-13)18-14(19)11(2)8-16-3;/h4-7,9,11,16H,8H2,1-3H3,(H,17,18,19);1H. The number of hydrogen-bond donors (Lipinski definition) is 2. The zero-order valence-corrected chi connectivity index (χ0v) is 14.0. The molecule has 6 heteroatoms. The van der Waals surface area contributed by atoms with Gasteiger partial charge in [0.1, 0.15) is 0 Å². The summed E-state index contributed by atoms with van der Waals surface area (Å²) >= 11 is 1.45. The number of carbonyl (C=O) groups excluding carboxylic acids is 1. The van der Waals surface area contributed by atoms with Gasteiger partial charge in [-0.1, -0.05) is 31.2 Å².